The van der Waals surface area contributed by atoms with Crippen LogP contribution in [0.5, 0.6) is 0 Å². The topological polar surface area (TPSA) is 41.6 Å². The number of rotatable bonds is 3. The second kappa shape index (κ2) is 9.39. The number of nitrogens with one attached hydrogen (secondary N) is 1. The van der Waals surface area contributed by atoms with Crippen molar-refractivity contribution in [2.45, 2.75) is 6.43 Å². The highest BCUT2D eigenvalue weighted by molar-refractivity contribution is 5.89. The molecular weight excluding hydrogens is 266 g/mol. The van der Waals surface area contributed by atoms with E-state index in [1.54, 1.807) is 29.2 Å². The first-order valence-electron chi connectivity index (χ1n) is 6.48. The van der Waals surface area contributed by atoms with Gasteiger partial charge < -0.3 is 10.1 Å². The third kappa shape index (κ3) is 6.58. The molecule has 20 heavy (non-hydrogen) atoms. The molecule has 0 unspecified atom stereocenters. The number of benzene rings is 1. The van der Waals surface area contributed by atoms with Crippen molar-refractivity contribution < 1.29 is 18.3 Å². The highest BCUT2D eigenvalue weighted by atomic mass is 19.3. The van der Waals surface area contributed by atoms with Crippen LogP contribution in [0.15, 0.2) is 30.3 Å². The van der Waals surface area contributed by atoms with Crippen molar-refractivity contribution in [3.8, 4) is 0 Å². The molecule has 0 spiro atoms. The Hall–Kier alpha value is -1.53. The number of esters is 1. The van der Waals surface area contributed by atoms with Crippen molar-refractivity contribution in [3.63, 3.8) is 0 Å². The van der Waals surface area contributed by atoms with Crippen molar-refractivity contribution in [2.24, 2.45) is 0 Å². The summed E-state index contributed by atoms with van der Waals surface area (Å²) < 4.78 is 28.0. The highest BCUT2D eigenvalue weighted by Gasteiger charge is 2.13. The molecule has 112 valence electrons. The molecule has 1 aliphatic heterocycles. The molecule has 1 fully saturated rings. The number of carbonyl (C=O) groups is 1. The Morgan fingerprint density at radius 2 is 1.90 bits per heavy atom. The van der Waals surface area contributed by atoms with Gasteiger partial charge in [0.1, 0.15) is 0 Å². The number of alkyl halides is 2. The van der Waals surface area contributed by atoms with Crippen LogP contribution in [0.2, 0.25) is 0 Å². The van der Waals surface area contributed by atoms with Crippen LogP contribution < -0.4 is 5.32 Å². The molecule has 1 N–H and O–H groups in total. The lowest BCUT2D eigenvalue weighted by atomic mass is 10.2. The zero-order chi connectivity index (χ0) is 14.8. The minimum absolute atomic E-state index is 0.0678. The van der Waals surface area contributed by atoms with Crippen LogP contribution in [0.3, 0.4) is 0 Å². The maximum atomic E-state index is 11.8. The summed E-state index contributed by atoms with van der Waals surface area (Å²) in [7, 11) is 1.37. The van der Waals surface area contributed by atoms with Crippen LogP contribution in [0.4, 0.5) is 8.78 Å². The zero-order valence-corrected chi connectivity index (χ0v) is 11.5. The van der Waals surface area contributed by atoms with E-state index in [0.717, 1.165) is 26.2 Å². The van der Waals surface area contributed by atoms with Gasteiger partial charge in [-0.25, -0.2) is 13.6 Å². The lowest BCUT2D eigenvalue weighted by Gasteiger charge is -2.26. The van der Waals surface area contributed by atoms with Crippen molar-refractivity contribution in [2.75, 3.05) is 39.8 Å². The van der Waals surface area contributed by atoms with Crippen LogP contribution in [-0.2, 0) is 4.74 Å². The number of carbonyl (C=O) groups excluding carboxylic acids is 1. The smallest absolute Gasteiger partial charge is 0.337 e. The van der Waals surface area contributed by atoms with E-state index in [-0.39, 0.29) is 12.5 Å². The largest absolute Gasteiger partial charge is 0.465 e. The molecule has 0 amide bonds. The minimum Gasteiger partial charge on any atom is -0.465 e. The van der Waals surface area contributed by atoms with Crippen LogP contribution in [-0.4, -0.2) is 57.1 Å². The first-order chi connectivity index (χ1) is 9.63. The minimum atomic E-state index is -2.18. The molecule has 0 saturated carbocycles. The van der Waals surface area contributed by atoms with Gasteiger partial charge in [-0.05, 0) is 12.1 Å². The molecule has 2 rings (SSSR count). The summed E-state index contributed by atoms with van der Waals surface area (Å²) >= 11 is 0. The summed E-state index contributed by atoms with van der Waals surface area (Å²) in [6.45, 7) is 3.12. The molecule has 0 bridgehead atoms. The average molecular weight is 286 g/mol. The lowest BCUT2D eigenvalue weighted by Crippen LogP contribution is -2.45. The molecule has 1 saturated heterocycles. The Kier molecular flexibility index (Phi) is 7.75. The van der Waals surface area contributed by atoms with Gasteiger partial charge in [0.2, 0.25) is 0 Å². The standard InChI is InChI=1S/C8H8O2.C6H12F2N2/c1-10-8(9)7-5-3-2-4-6-7;7-6(8)5-10-3-1-9-2-4-10/h2-6H,1H3;6,9H,1-5H2. The first-order valence-corrected chi connectivity index (χ1v) is 6.48. The summed E-state index contributed by atoms with van der Waals surface area (Å²) in [6, 6.07) is 8.88. The fourth-order valence-electron chi connectivity index (χ4n) is 1.78. The molecule has 1 aromatic carbocycles. The van der Waals surface area contributed by atoms with E-state index in [1.807, 2.05) is 6.07 Å². The number of ether oxygens (including phenoxy) is 1. The van der Waals surface area contributed by atoms with Crippen LogP contribution in [0.1, 0.15) is 10.4 Å². The van der Waals surface area contributed by atoms with Gasteiger partial charge in [0.25, 0.3) is 6.43 Å². The second-order valence-electron chi connectivity index (χ2n) is 4.30. The predicted octanol–water partition coefficient (Wildman–Crippen LogP) is 1.63. The van der Waals surface area contributed by atoms with Crippen LogP contribution >= 0.6 is 0 Å². The Balaban J connectivity index is 0.000000200. The maximum Gasteiger partial charge on any atom is 0.337 e. The summed E-state index contributed by atoms with van der Waals surface area (Å²) in [4.78, 5) is 12.6. The van der Waals surface area contributed by atoms with E-state index in [9.17, 15) is 13.6 Å². The molecule has 4 nitrogen and oxygen atoms in total. The van der Waals surface area contributed by atoms with E-state index < -0.39 is 6.43 Å². The summed E-state index contributed by atoms with van der Waals surface area (Å²) in [5.41, 5.74) is 0.588. The van der Waals surface area contributed by atoms with Crippen LogP contribution in [0, 0.1) is 0 Å². The normalized spacial score (nSPS) is 15.4. The summed E-state index contributed by atoms with van der Waals surface area (Å²) in [5, 5.41) is 3.10. The molecule has 6 heteroatoms. The van der Waals surface area contributed by atoms with Gasteiger partial charge in [0.05, 0.1) is 19.2 Å². The molecule has 0 radical (unpaired) electrons. The molecule has 0 aromatic heterocycles. The van der Waals surface area contributed by atoms with Crippen molar-refractivity contribution in [1.82, 2.24) is 10.2 Å². The predicted molar refractivity (Wildman–Crippen MR) is 73.1 cm³/mol. The maximum absolute atomic E-state index is 11.8. The van der Waals surface area contributed by atoms with Gasteiger partial charge in [-0.2, -0.15) is 0 Å². The summed E-state index contributed by atoms with van der Waals surface area (Å²) in [5.74, 6) is -0.291. The van der Waals surface area contributed by atoms with E-state index >= 15 is 0 Å². The van der Waals surface area contributed by atoms with Crippen molar-refractivity contribution >= 4 is 5.97 Å². The number of piperazine rings is 1. The van der Waals surface area contributed by atoms with E-state index in [4.69, 9.17) is 0 Å². The average Bonchev–Trinajstić information content (AvgIpc) is 2.48. The van der Waals surface area contributed by atoms with E-state index in [2.05, 4.69) is 10.1 Å². The van der Waals surface area contributed by atoms with Crippen molar-refractivity contribution in [1.29, 1.82) is 0 Å². The second-order valence-corrected chi connectivity index (χ2v) is 4.30. The molecule has 0 aliphatic carbocycles. The number of halogens is 2. The SMILES string of the molecule is COC(=O)c1ccccc1.FC(F)CN1CCNCC1. The monoisotopic (exact) mass is 286 g/mol. The Morgan fingerprint density at radius 1 is 1.30 bits per heavy atom. The quantitative estimate of drug-likeness (QED) is 0.858. The fourth-order valence-corrected chi connectivity index (χ4v) is 1.78. The van der Waals surface area contributed by atoms with Gasteiger partial charge in [-0.3, -0.25) is 4.90 Å². The number of nitrogens with zero attached hydrogens (tertiary/aromatic N) is 1. The summed E-state index contributed by atoms with van der Waals surface area (Å²) in [6.07, 6.45) is -2.18. The van der Waals surface area contributed by atoms with Gasteiger partial charge in [-0.1, -0.05) is 18.2 Å². The van der Waals surface area contributed by atoms with E-state index in [1.165, 1.54) is 7.11 Å². The van der Waals surface area contributed by atoms with Gasteiger partial charge in [0.15, 0.2) is 0 Å². The van der Waals surface area contributed by atoms with Gasteiger partial charge in [0, 0.05) is 26.2 Å². The van der Waals surface area contributed by atoms with E-state index in [0.29, 0.717) is 5.56 Å². The highest BCUT2D eigenvalue weighted by Crippen LogP contribution is 1.99. The molecule has 1 aromatic rings. The van der Waals surface area contributed by atoms with Crippen molar-refractivity contribution in [3.05, 3.63) is 35.9 Å². The molecule has 1 heterocycles. The number of methoxy groups -OCH3 is 1. The number of hydrogen-bond acceptors (Lipinski definition) is 4. The molecular formula is C14H20F2N2O2. The third-order valence-electron chi connectivity index (χ3n) is 2.80. The zero-order valence-electron chi connectivity index (χ0n) is 11.5. The molecule has 1 aliphatic rings. The third-order valence-corrected chi connectivity index (χ3v) is 2.80. The Morgan fingerprint density at radius 3 is 2.40 bits per heavy atom. The fraction of sp³-hybridized carbons (Fsp3) is 0.500. The number of hydrogen-bond donors (Lipinski definition) is 1. The lowest BCUT2D eigenvalue weighted by molar-refractivity contribution is 0.0600. The van der Waals surface area contributed by atoms with Crippen LogP contribution in [0.25, 0.3) is 0 Å². The van der Waals surface area contributed by atoms with Gasteiger partial charge in [-0.15, -0.1) is 0 Å². The Bertz CT molecular complexity index is 382. The first kappa shape index (κ1) is 16.5. The van der Waals surface area contributed by atoms with Gasteiger partial charge >= 0.3 is 5.97 Å². The Labute approximate surface area is 117 Å². The molecule has 0 atom stereocenters.